The summed E-state index contributed by atoms with van der Waals surface area (Å²) in [5, 5.41) is 3.42. The molecule has 1 unspecified atom stereocenters. The van der Waals surface area contributed by atoms with Crippen molar-refractivity contribution >= 4 is 17.5 Å². The van der Waals surface area contributed by atoms with E-state index in [0.717, 1.165) is 34.7 Å². The number of nitrogens with one attached hydrogen (secondary N) is 1. The Balaban J connectivity index is 1.81. The Kier molecular flexibility index (Phi) is 2.78. The second-order valence-corrected chi connectivity index (χ2v) is 6.97. The van der Waals surface area contributed by atoms with Gasteiger partial charge in [0, 0.05) is 28.9 Å². The normalized spacial score (nSPS) is 23.6. The van der Waals surface area contributed by atoms with Gasteiger partial charge in [-0.3, -0.25) is 0 Å². The van der Waals surface area contributed by atoms with Crippen molar-refractivity contribution in [2.24, 2.45) is 5.73 Å². The topological polar surface area (TPSA) is 73.3 Å². The lowest BCUT2D eigenvalue weighted by atomic mass is 9.91. The number of nitrogens with two attached hydrogens (primary N) is 2. The molecule has 0 aromatic heterocycles. The molecule has 5 N–H and O–H groups in total. The summed E-state index contributed by atoms with van der Waals surface area (Å²) in [4.78, 5) is 0. The second kappa shape index (κ2) is 4.52. The first-order valence-corrected chi connectivity index (χ1v) is 7.84. The number of anilines is 2. The molecular weight excluding hydrogens is 286 g/mol. The van der Waals surface area contributed by atoms with Crippen molar-refractivity contribution in [2.45, 2.75) is 31.5 Å². The largest absolute Gasteiger partial charge is 0.487 e. The monoisotopic (exact) mass is 307 g/mol. The van der Waals surface area contributed by atoms with Crippen molar-refractivity contribution in [1.82, 2.24) is 0 Å². The highest BCUT2D eigenvalue weighted by Gasteiger charge is 2.38. The maximum Gasteiger partial charge on any atom is 0.135 e. The van der Waals surface area contributed by atoms with Crippen molar-refractivity contribution in [3.8, 4) is 5.75 Å². The molecule has 2 aliphatic rings. The number of hydrogen-bond acceptors (Lipinski definition) is 4. The van der Waals surface area contributed by atoms with E-state index in [1.54, 1.807) is 0 Å². The van der Waals surface area contributed by atoms with Crippen LogP contribution in [0.2, 0.25) is 0 Å². The van der Waals surface area contributed by atoms with Gasteiger partial charge in [0.05, 0.1) is 0 Å². The third-order valence-corrected chi connectivity index (χ3v) is 4.53. The number of benzene rings is 2. The maximum atomic E-state index is 6.69. The highest BCUT2D eigenvalue weighted by atomic mass is 16.5. The number of fused-ring (bicyclic) bond motifs is 2. The molecule has 0 aliphatic carbocycles. The molecule has 4 heteroatoms. The number of para-hydroxylation sites is 1. The predicted molar refractivity (Wildman–Crippen MR) is 94.2 cm³/mol. The predicted octanol–water partition coefficient (Wildman–Crippen LogP) is 3.23. The molecule has 23 heavy (non-hydrogen) atoms. The van der Waals surface area contributed by atoms with Crippen LogP contribution in [0.25, 0.3) is 6.08 Å². The van der Waals surface area contributed by atoms with E-state index in [-0.39, 0.29) is 5.60 Å². The highest BCUT2D eigenvalue weighted by Crippen LogP contribution is 2.43. The molecule has 0 saturated carbocycles. The van der Waals surface area contributed by atoms with E-state index in [1.165, 1.54) is 5.56 Å². The smallest absolute Gasteiger partial charge is 0.135 e. The molecule has 2 aromatic rings. The van der Waals surface area contributed by atoms with Gasteiger partial charge in [0.25, 0.3) is 0 Å². The molecule has 0 spiro atoms. The van der Waals surface area contributed by atoms with Gasteiger partial charge >= 0.3 is 0 Å². The molecule has 2 aromatic carbocycles. The molecule has 0 bridgehead atoms. The number of nitrogen functional groups attached to an aromatic ring is 1. The van der Waals surface area contributed by atoms with Crippen LogP contribution in [0.4, 0.5) is 11.4 Å². The second-order valence-electron chi connectivity index (χ2n) is 6.97. The minimum Gasteiger partial charge on any atom is -0.487 e. The Hall–Kier alpha value is -2.46. The zero-order chi connectivity index (χ0) is 16.2. The Bertz CT molecular complexity index is 825. The van der Waals surface area contributed by atoms with Crippen LogP contribution in [0.15, 0.2) is 42.5 Å². The minimum atomic E-state index is -0.813. The molecule has 4 rings (SSSR count). The summed E-state index contributed by atoms with van der Waals surface area (Å²) in [6.07, 6.45) is 4.83. The van der Waals surface area contributed by atoms with Gasteiger partial charge in [-0.2, -0.15) is 0 Å². The van der Waals surface area contributed by atoms with Crippen LogP contribution in [-0.2, 0) is 12.1 Å². The lowest BCUT2D eigenvalue weighted by Gasteiger charge is -2.34. The molecule has 2 aliphatic heterocycles. The minimum absolute atomic E-state index is 0.199. The van der Waals surface area contributed by atoms with Gasteiger partial charge in [-0.15, -0.1) is 0 Å². The summed E-state index contributed by atoms with van der Waals surface area (Å²) < 4.78 is 6.18. The molecule has 0 radical (unpaired) electrons. The van der Waals surface area contributed by atoms with E-state index in [4.69, 9.17) is 16.2 Å². The van der Waals surface area contributed by atoms with Crippen molar-refractivity contribution in [2.75, 3.05) is 11.1 Å². The van der Waals surface area contributed by atoms with Gasteiger partial charge in [0.1, 0.15) is 17.0 Å². The number of ether oxygens (including phenoxy) is 1. The van der Waals surface area contributed by atoms with Crippen LogP contribution in [0.1, 0.15) is 30.5 Å². The number of hydrogen-bond donors (Lipinski definition) is 3. The third kappa shape index (κ3) is 2.18. The molecule has 2 heterocycles. The van der Waals surface area contributed by atoms with Crippen LogP contribution in [-0.4, -0.2) is 5.60 Å². The summed E-state index contributed by atoms with van der Waals surface area (Å²) in [5.74, 6) is 0.893. The molecule has 0 saturated heterocycles. The summed E-state index contributed by atoms with van der Waals surface area (Å²) in [7, 11) is 0. The summed E-state index contributed by atoms with van der Waals surface area (Å²) in [6.45, 7) is 4.19. The zero-order valence-corrected chi connectivity index (χ0v) is 13.4. The van der Waals surface area contributed by atoms with Crippen molar-refractivity contribution in [1.29, 1.82) is 0 Å². The molecule has 1 atom stereocenters. The Morgan fingerprint density at radius 2 is 1.91 bits per heavy atom. The van der Waals surface area contributed by atoms with Crippen LogP contribution in [0.5, 0.6) is 5.75 Å². The Labute approximate surface area is 136 Å². The summed E-state index contributed by atoms with van der Waals surface area (Å²) in [6, 6.07) is 12.0. The van der Waals surface area contributed by atoms with Gasteiger partial charge in [-0.1, -0.05) is 30.3 Å². The average Bonchev–Trinajstić information content (AvgIpc) is 2.80. The van der Waals surface area contributed by atoms with E-state index in [2.05, 4.69) is 25.2 Å². The Morgan fingerprint density at radius 1 is 1.13 bits per heavy atom. The fourth-order valence-corrected chi connectivity index (χ4v) is 3.46. The first-order valence-electron chi connectivity index (χ1n) is 7.84. The highest BCUT2D eigenvalue weighted by molar-refractivity contribution is 5.81. The van der Waals surface area contributed by atoms with Crippen LogP contribution in [0.3, 0.4) is 0 Å². The number of rotatable bonds is 1. The first-order chi connectivity index (χ1) is 10.9. The van der Waals surface area contributed by atoms with Crippen LogP contribution >= 0.6 is 0 Å². The van der Waals surface area contributed by atoms with Gasteiger partial charge in [0.15, 0.2) is 0 Å². The summed E-state index contributed by atoms with van der Waals surface area (Å²) in [5.41, 5.74) is 16.5. The zero-order valence-electron chi connectivity index (χ0n) is 13.4. The molecular formula is C19H21N3O. The molecule has 4 nitrogen and oxygen atoms in total. The fraction of sp³-hybridized carbons (Fsp3) is 0.263. The van der Waals surface area contributed by atoms with E-state index in [9.17, 15) is 0 Å². The fourth-order valence-electron chi connectivity index (χ4n) is 3.46. The molecule has 0 fully saturated rings. The molecule has 118 valence electrons. The summed E-state index contributed by atoms with van der Waals surface area (Å²) >= 11 is 0. The average molecular weight is 307 g/mol. The third-order valence-electron chi connectivity index (χ3n) is 4.53. The van der Waals surface area contributed by atoms with Gasteiger partial charge < -0.3 is 21.5 Å². The standard InChI is InChI=1S/C19H21N3O/c1-18(2)11-12-5-3-6-14(17(12)23-18)19(21)10-9-13-15(20)7-4-8-16(13)22-19/h3-10,22H,11,20-21H2,1-2H3. The van der Waals surface area contributed by atoms with Crippen molar-refractivity contribution in [3.63, 3.8) is 0 Å². The van der Waals surface area contributed by atoms with Crippen molar-refractivity contribution < 1.29 is 4.74 Å². The Morgan fingerprint density at radius 3 is 2.74 bits per heavy atom. The van der Waals surface area contributed by atoms with Gasteiger partial charge in [-0.05, 0) is 37.6 Å². The van der Waals surface area contributed by atoms with Crippen LogP contribution < -0.4 is 21.5 Å². The van der Waals surface area contributed by atoms with Crippen LogP contribution in [0, 0.1) is 0 Å². The molecule has 0 amide bonds. The SMILES string of the molecule is CC1(C)Cc2cccc(C3(N)C=Cc4c(N)cccc4N3)c2O1. The lowest BCUT2D eigenvalue weighted by Crippen LogP contribution is -2.44. The van der Waals surface area contributed by atoms with Gasteiger partial charge in [-0.25, -0.2) is 0 Å². The quantitative estimate of drug-likeness (QED) is 0.707. The van der Waals surface area contributed by atoms with E-state index in [1.807, 2.05) is 42.5 Å². The lowest BCUT2D eigenvalue weighted by molar-refractivity contribution is 0.136. The maximum absolute atomic E-state index is 6.69. The van der Waals surface area contributed by atoms with E-state index >= 15 is 0 Å². The van der Waals surface area contributed by atoms with E-state index < -0.39 is 5.66 Å². The van der Waals surface area contributed by atoms with Gasteiger partial charge in [0.2, 0.25) is 0 Å². The first kappa shape index (κ1) is 14.2. The van der Waals surface area contributed by atoms with Crippen molar-refractivity contribution in [3.05, 3.63) is 59.2 Å². The van der Waals surface area contributed by atoms with E-state index in [0.29, 0.717) is 0 Å².